The molecule has 0 bridgehead atoms. The lowest BCUT2D eigenvalue weighted by Gasteiger charge is -2.20. The van der Waals surface area contributed by atoms with Gasteiger partial charge in [0, 0.05) is 6.61 Å². The predicted octanol–water partition coefficient (Wildman–Crippen LogP) is 3.18. The van der Waals surface area contributed by atoms with Gasteiger partial charge in [0.05, 0.1) is 18.2 Å². The van der Waals surface area contributed by atoms with E-state index in [1.807, 2.05) is 32.0 Å². The number of Topliss-reactive ketones (excluding diaryl/α,β-unsaturated/α-hetero) is 1. The van der Waals surface area contributed by atoms with Crippen molar-refractivity contribution in [2.75, 3.05) is 6.61 Å². The van der Waals surface area contributed by atoms with Gasteiger partial charge in [-0.05, 0) is 69.4 Å². The summed E-state index contributed by atoms with van der Waals surface area (Å²) in [5, 5.41) is 20.3. The summed E-state index contributed by atoms with van der Waals surface area (Å²) in [6, 6.07) is 7.39. The van der Waals surface area contributed by atoms with Crippen LogP contribution in [-0.4, -0.2) is 34.3 Å². The van der Waals surface area contributed by atoms with Crippen molar-refractivity contribution < 1.29 is 19.4 Å². The summed E-state index contributed by atoms with van der Waals surface area (Å²) in [4.78, 5) is 25.9. The van der Waals surface area contributed by atoms with Crippen molar-refractivity contribution in [2.45, 2.75) is 59.3 Å². The fourth-order valence-corrected chi connectivity index (χ4v) is 3.66. The Morgan fingerprint density at radius 1 is 1.37 bits per heavy atom. The number of rotatable bonds is 6. The maximum Gasteiger partial charge on any atom is 0.271 e. The first-order valence-corrected chi connectivity index (χ1v) is 10.0. The summed E-state index contributed by atoms with van der Waals surface area (Å²) in [6.07, 6.45) is 0.452. The van der Waals surface area contributed by atoms with Crippen LogP contribution in [0.1, 0.15) is 52.4 Å². The van der Waals surface area contributed by atoms with Gasteiger partial charge in [0.1, 0.15) is 17.4 Å². The zero-order valence-corrected chi connectivity index (χ0v) is 17.7. The number of hydrogen-bond donors (Lipinski definition) is 1. The van der Waals surface area contributed by atoms with Crippen molar-refractivity contribution in [3.8, 4) is 17.7 Å². The Hall–Kier alpha value is -3.11. The first-order valence-electron chi connectivity index (χ1n) is 10.0. The lowest BCUT2D eigenvalue weighted by atomic mass is 9.99. The molecule has 30 heavy (non-hydrogen) atoms. The minimum Gasteiger partial charge on any atom is -0.494 e. The third-order valence-electron chi connectivity index (χ3n) is 5.62. The van der Waals surface area contributed by atoms with Crippen molar-refractivity contribution in [3.63, 3.8) is 0 Å². The van der Waals surface area contributed by atoms with E-state index in [1.165, 1.54) is 6.92 Å². The third kappa shape index (κ3) is 4.10. The molecule has 2 heterocycles. The molecule has 0 saturated carbocycles. The number of aromatic hydroxyl groups is 1. The number of carbonyl (C=O) groups excluding carboxylic acids is 1. The average molecular weight is 410 g/mol. The second kappa shape index (κ2) is 8.72. The van der Waals surface area contributed by atoms with E-state index in [9.17, 15) is 20.0 Å². The van der Waals surface area contributed by atoms with Gasteiger partial charge in [-0.1, -0.05) is 6.07 Å². The van der Waals surface area contributed by atoms with Crippen LogP contribution in [0.4, 0.5) is 0 Å². The fraction of sp³-hybridized carbons (Fsp3) is 0.435. The number of nitrogens with zero attached hydrogens (tertiary/aromatic N) is 2. The van der Waals surface area contributed by atoms with E-state index >= 15 is 0 Å². The Balaban J connectivity index is 1.98. The Labute approximate surface area is 175 Å². The van der Waals surface area contributed by atoms with Crippen LogP contribution >= 0.6 is 0 Å². The molecule has 7 nitrogen and oxygen atoms in total. The molecule has 1 aliphatic heterocycles. The van der Waals surface area contributed by atoms with Gasteiger partial charge in [-0.25, -0.2) is 0 Å². The summed E-state index contributed by atoms with van der Waals surface area (Å²) in [5.74, 6) is -0.419. The normalized spacial score (nSPS) is 16.8. The molecular weight excluding hydrogens is 384 g/mol. The molecule has 1 N–H and O–H groups in total. The number of benzene rings is 1. The van der Waals surface area contributed by atoms with Crippen LogP contribution in [0.5, 0.6) is 11.6 Å². The lowest BCUT2D eigenvalue weighted by Crippen LogP contribution is -2.33. The van der Waals surface area contributed by atoms with Gasteiger partial charge in [-0.3, -0.25) is 14.2 Å². The van der Waals surface area contributed by atoms with Gasteiger partial charge < -0.3 is 14.6 Å². The first-order chi connectivity index (χ1) is 14.2. The van der Waals surface area contributed by atoms with Gasteiger partial charge in [0.15, 0.2) is 6.10 Å². The van der Waals surface area contributed by atoms with Crippen molar-refractivity contribution in [1.29, 1.82) is 5.26 Å². The lowest BCUT2D eigenvalue weighted by molar-refractivity contribution is 0.0805. The molecule has 2 atom stereocenters. The van der Waals surface area contributed by atoms with Gasteiger partial charge in [-0.2, -0.15) is 5.26 Å². The number of aromatic nitrogens is 1. The standard InChI is InChI=1S/C23H26N2O5/c1-13-7-8-17(10-14(13)2)30-16(4)21(26)20-15(3)19(11-24)22(27)25(23(20)28)12-18-6-5-9-29-18/h7-8,10,16,18,28H,5-6,9,12H2,1-4H3. The van der Waals surface area contributed by atoms with Crippen LogP contribution in [0.2, 0.25) is 0 Å². The Kier molecular flexibility index (Phi) is 6.28. The molecule has 1 fully saturated rings. The van der Waals surface area contributed by atoms with E-state index in [-0.39, 0.29) is 29.3 Å². The topological polar surface area (TPSA) is 102 Å². The summed E-state index contributed by atoms with van der Waals surface area (Å²) < 4.78 is 12.4. The summed E-state index contributed by atoms with van der Waals surface area (Å²) in [5.41, 5.74) is 1.44. The monoisotopic (exact) mass is 410 g/mol. The number of pyridine rings is 1. The Morgan fingerprint density at radius 2 is 2.10 bits per heavy atom. The van der Waals surface area contributed by atoms with Crippen LogP contribution < -0.4 is 10.3 Å². The number of ether oxygens (including phenoxy) is 2. The quantitative estimate of drug-likeness (QED) is 0.734. The van der Waals surface area contributed by atoms with E-state index in [0.717, 1.165) is 28.5 Å². The second-order valence-corrected chi connectivity index (χ2v) is 7.73. The highest BCUT2D eigenvalue weighted by molar-refractivity contribution is 6.03. The molecule has 0 amide bonds. The molecule has 1 saturated heterocycles. The van der Waals surface area contributed by atoms with Gasteiger partial charge >= 0.3 is 0 Å². The molecule has 1 aromatic carbocycles. The smallest absolute Gasteiger partial charge is 0.271 e. The van der Waals surface area contributed by atoms with Crippen molar-refractivity contribution in [3.05, 3.63) is 56.4 Å². The molecule has 0 radical (unpaired) electrons. The number of aryl methyl sites for hydroxylation is 2. The van der Waals surface area contributed by atoms with Gasteiger partial charge in [0.25, 0.3) is 5.56 Å². The Morgan fingerprint density at radius 3 is 2.70 bits per heavy atom. The van der Waals surface area contributed by atoms with Crippen LogP contribution in [0.25, 0.3) is 0 Å². The van der Waals surface area contributed by atoms with Crippen LogP contribution in [0, 0.1) is 32.1 Å². The highest BCUT2D eigenvalue weighted by atomic mass is 16.5. The number of hydrogen-bond acceptors (Lipinski definition) is 6. The van der Waals surface area contributed by atoms with Crippen molar-refractivity contribution in [2.24, 2.45) is 0 Å². The second-order valence-electron chi connectivity index (χ2n) is 7.73. The summed E-state index contributed by atoms with van der Waals surface area (Å²) >= 11 is 0. The van der Waals surface area contributed by atoms with Crippen LogP contribution in [0.3, 0.4) is 0 Å². The molecule has 0 spiro atoms. The van der Waals surface area contributed by atoms with Gasteiger partial charge in [-0.15, -0.1) is 0 Å². The molecule has 7 heteroatoms. The van der Waals surface area contributed by atoms with Crippen molar-refractivity contribution >= 4 is 5.78 Å². The maximum absolute atomic E-state index is 13.2. The SMILES string of the molecule is Cc1ccc(OC(C)C(=O)c2c(C)c(C#N)c(=O)n(CC3CCCO3)c2O)cc1C. The Bertz CT molecular complexity index is 1070. The molecule has 3 rings (SSSR count). The van der Waals surface area contributed by atoms with E-state index in [4.69, 9.17) is 9.47 Å². The van der Waals surface area contributed by atoms with E-state index in [1.54, 1.807) is 13.0 Å². The van der Waals surface area contributed by atoms with Crippen LogP contribution in [-0.2, 0) is 11.3 Å². The summed E-state index contributed by atoms with van der Waals surface area (Å²) in [6.45, 7) is 7.68. The zero-order valence-electron chi connectivity index (χ0n) is 17.7. The molecule has 1 aromatic heterocycles. The zero-order chi connectivity index (χ0) is 22.0. The molecule has 0 aliphatic carbocycles. The van der Waals surface area contributed by atoms with Gasteiger partial charge in [0.2, 0.25) is 11.7 Å². The van der Waals surface area contributed by atoms with E-state index in [2.05, 4.69) is 0 Å². The van der Waals surface area contributed by atoms with Crippen LogP contribution in [0.15, 0.2) is 23.0 Å². The average Bonchev–Trinajstić information content (AvgIpc) is 3.21. The molecular formula is C23H26N2O5. The fourth-order valence-electron chi connectivity index (χ4n) is 3.66. The highest BCUT2D eigenvalue weighted by Gasteiger charge is 2.29. The van der Waals surface area contributed by atoms with E-state index in [0.29, 0.717) is 12.4 Å². The number of ketones is 1. The first kappa shape index (κ1) is 21.6. The molecule has 1 aliphatic rings. The van der Waals surface area contributed by atoms with Crippen molar-refractivity contribution in [1.82, 2.24) is 4.57 Å². The predicted molar refractivity (Wildman–Crippen MR) is 111 cm³/mol. The third-order valence-corrected chi connectivity index (χ3v) is 5.62. The maximum atomic E-state index is 13.2. The summed E-state index contributed by atoms with van der Waals surface area (Å²) in [7, 11) is 0. The van der Waals surface area contributed by atoms with E-state index < -0.39 is 23.3 Å². The molecule has 2 aromatic rings. The molecule has 2 unspecified atom stereocenters. The number of nitriles is 1. The number of carbonyl (C=O) groups is 1. The minimum absolute atomic E-state index is 0.0690. The highest BCUT2D eigenvalue weighted by Crippen LogP contribution is 2.27. The molecule has 158 valence electrons. The minimum atomic E-state index is -0.920. The largest absolute Gasteiger partial charge is 0.494 e.